The summed E-state index contributed by atoms with van der Waals surface area (Å²) in [6.07, 6.45) is 0. The van der Waals surface area contributed by atoms with Crippen molar-refractivity contribution in [2.24, 2.45) is 5.84 Å². The number of halogens is 1. The molecule has 0 aliphatic carbocycles. The summed E-state index contributed by atoms with van der Waals surface area (Å²) in [6.45, 7) is 1.97. The van der Waals surface area contributed by atoms with Crippen molar-refractivity contribution in [1.82, 2.24) is 5.43 Å². The van der Waals surface area contributed by atoms with Crippen LogP contribution in [0.3, 0.4) is 0 Å². The van der Waals surface area contributed by atoms with Crippen molar-refractivity contribution in [2.75, 3.05) is 5.75 Å². The largest absolute Gasteiger partial charge is 0.294 e. The van der Waals surface area contributed by atoms with Gasteiger partial charge in [0.05, 0.1) is 5.75 Å². The van der Waals surface area contributed by atoms with E-state index in [0.29, 0.717) is 10.8 Å². The lowest BCUT2D eigenvalue weighted by Crippen LogP contribution is -2.31. The fourth-order valence-electron chi connectivity index (χ4n) is 0.914. The lowest BCUT2D eigenvalue weighted by molar-refractivity contribution is -0.118. The monoisotopic (exact) mass is 230 g/mol. The number of carbonyl (C=O) groups excluding carboxylic acids is 1. The van der Waals surface area contributed by atoms with Gasteiger partial charge in [-0.1, -0.05) is 17.7 Å². The van der Waals surface area contributed by atoms with E-state index in [1.165, 1.54) is 11.8 Å². The molecular weight excluding hydrogens is 220 g/mol. The fourth-order valence-corrected chi connectivity index (χ4v) is 2.03. The number of aryl methyl sites for hydroxylation is 1. The molecule has 0 radical (unpaired) electrons. The zero-order chi connectivity index (χ0) is 10.6. The lowest BCUT2D eigenvalue weighted by atomic mass is 10.2. The topological polar surface area (TPSA) is 55.1 Å². The smallest absolute Gasteiger partial charge is 0.244 e. The van der Waals surface area contributed by atoms with Gasteiger partial charge in [0.25, 0.3) is 0 Å². The number of nitrogens with two attached hydrogens (primary N) is 1. The minimum absolute atomic E-state index is 0.200. The van der Waals surface area contributed by atoms with Crippen molar-refractivity contribution < 1.29 is 4.79 Å². The Morgan fingerprint density at radius 2 is 2.36 bits per heavy atom. The van der Waals surface area contributed by atoms with E-state index in [1.807, 2.05) is 25.1 Å². The maximum absolute atomic E-state index is 10.9. The summed E-state index contributed by atoms with van der Waals surface area (Å²) in [5, 5.41) is 0.672. The SMILES string of the molecule is Cc1ccc(Cl)cc1SCC(=O)NN. The van der Waals surface area contributed by atoms with Crippen LogP contribution in [0.5, 0.6) is 0 Å². The minimum atomic E-state index is -0.200. The molecule has 0 aliphatic rings. The third kappa shape index (κ3) is 3.21. The number of amides is 1. The highest BCUT2D eigenvalue weighted by Gasteiger charge is 2.03. The van der Waals surface area contributed by atoms with Gasteiger partial charge in [-0.25, -0.2) is 5.84 Å². The van der Waals surface area contributed by atoms with Crippen molar-refractivity contribution in [2.45, 2.75) is 11.8 Å². The molecule has 0 unspecified atom stereocenters. The van der Waals surface area contributed by atoms with E-state index in [9.17, 15) is 4.79 Å². The zero-order valence-corrected chi connectivity index (χ0v) is 9.28. The molecule has 0 fully saturated rings. The van der Waals surface area contributed by atoms with Crippen LogP contribution < -0.4 is 11.3 Å². The molecule has 0 atom stereocenters. The molecule has 1 aromatic rings. The van der Waals surface area contributed by atoms with Crippen molar-refractivity contribution in [3.05, 3.63) is 28.8 Å². The number of hydrazine groups is 1. The van der Waals surface area contributed by atoms with Gasteiger partial charge in [0.15, 0.2) is 0 Å². The first kappa shape index (κ1) is 11.4. The van der Waals surface area contributed by atoms with Gasteiger partial charge in [-0.15, -0.1) is 11.8 Å². The van der Waals surface area contributed by atoms with E-state index in [2.05, 4.69) is 5.43 Å². The normalized spacial score (nSPS) is 9.93. The zero-order valence-electron chi connectivity index (χ0n) is 7.71. The van der Waals surface area contributed by atoms with Crippen LogP contribution in [0.2, 0.25) is 5.02 Å². The molecule has 0 aliphatic heterocycles. The molecule has 0 spiro atoms. The van der Waals surface area contributed by atoms with Crippen molar-refractivity contribution in [1.29, 1.82) is 0 Å². The Hall–Kier alpha value is -0.710. The standard InChI is InChI=1S/C9H11ClN2OS/c1-6-2-3-7(10)4-8(6)14-5-9(13)12-11/h2-4H,5,11H2,1H3,(H,12,13). The van der Waals surface area contributed by atoms with Crippen molar-refractivity contribution in [3.63, 3.8) is 0 Å². The molecular formula is C9H11ClN2OS. The molecule has 1 rings (SSSR count). The van der Waals surface area contributed by atoms with Crippen molar-refractivity contribution >= 4 is 29.3 Å². The van der Waals surface area contributed by atoms with E-state index in [-0.39, 0.29) is 5.91 Å². The van der Waals surface area contributed by atoms with Crippen LogP contribution in [0.1, 0.15) is 5.56 Å². The summed E-state index contributed by atoms with van der Waals surface area (Å²) >= 11 is 7.24. The number of nitrogens with one attached hydrogen (secondary N) is 1. The fraction of sp³-hybridized carbons (Fsp3) is 0.222. The van der Waals surface area contributed by atoms with E-state index in [0.717, 1.165) is 10.5 Å². The second-order valence-electron chi connectivity index (χ2n) is 2.77. The highest BCUT2D eigenvalue weighted by molar-refractivity contribution is 8.00. The molecule has 3 nitrogen and oxygen atoms in total. The first-order valence-electron chi connectivity index (χ1n) is 4.02. The quantitative estimate of drug-likeness (QED) is 0.360. The van der Waals surface area contributed by atoms with Gasteiger partial charge in [-0.2, -0.15) is 0 Å². The summed E-state index contributed by atoms with van der Waals surface area (Å²) in [6, 6.07) is 5.58. The van der Waals surface area contributed by atoms with Crippen LogP contribution in [0, 0.1) is 6.92 Å². The second-order valence-corrected chi connectivity index (χ2v) is 4.22. The molecule has 14 heavy (non-hydrogen) atoms. The maximum Gasteiger partial charge on any atom is 0.244 e. The van der Waals surface area contributed by atoms with Gasteiger partial charge in [0.2, 0.25) is 5.91 Å². The van der Waals surface area contributed by atoms with Crippen LogP contribution in [-0.4, -0.2) is 11.7 Å². The van der Waals surface area contributed by atoms with Gasteiger partial charge in [0, 0.05) is 9.92 Å². The summed E-state index contributed by atoms with van der Waals surface area (Å²) in [5.41, 5.74) is 3.18. The maximum atomic E-state index is 10.9. The Balaban J connectivity index is 2.66. The number of hydrogen-bond donors (Lipinski definition) is 2. The molecule has 0 saturated carbocycles. The van der Waals surface area contributed by atoms with E-state index in [1.54, 1.807) is 0 Å². The summed E-state index contributed by atoms with van der Waals surface area (Å²) in [5.74, 6) is 5.07. The molecule has 1 aromatic carbocycles. The van der Waals surface area contributed by atoms with Gasteiger partial charge in [0.1, 0.15) is 0 Å². The molecule has 5 heteroatoms. The lowest BCUT2D eigenvalue weighted by Gasteiger charge is -2.04. The van der Waals surface area contributed by atoms with Gasteiger partial charge < -0.3 is 0 Å². The number of benzene rings is 1. The third-order valence-corrected chi connectivity index (χ3v) is 3.06. The van der Waals surface area contributed by atoms with E-state index >= 15 is 0 Å². The number of carbonyl (C=O) groups is 1. The van der Waals surface area contributed by atoms with Crippen LogP contribution in [0.15, 0.2) is 23.1 Å². The average Bonchev–Trinajstić information content (AvgIpc) is 2.19. The molecule has 0 heterocycles. The molecule has 1 amide bonds. The predicted octanol–water partition coefficient (Wildman–Crippen LogP) is 1.73. The average molecular weight is 231 g/mol. The van der Waals surface area contributed by atoms with Gasteiger partial charge in [-0.3, -0.25) is 10.2 Å². The Morgan fingerprint density at radius 1 is 1.64 bits per heavy atom. The first-order valence-corrected chi connectivity index (χ1v) is 5.38. The highest BCUT2D eigenvalue weighted by atomic mass is 35.5. The van der Waals surface area contributed by atoms with Gasteiger partial charge in [-0.05, 0) is 24.6 Å². The third-order valence-electron chi connectivity index (χ3n) is 1.67. The summed E-state index contributed by atoms with van der Waals surface area (Å²) in [4.78, 5) is 11.9. The Labute approximate surface area is 92.0 Å². The van der Waals surface area contributed by atoms with E-state index < -0.39 is 0 Å². The summed E-state index contributed by atoms with van der Waals surface area (Å²) in [7, 11) is 0. The van der Waals surface area contributed by atoms with E-state index in [4.69, 9.17) is 17.4 Å². The molecule has 0 saturated heterocycles. The van der Waals surface area contributed by atoms with Crippen LogP contribution in [0.4, 0.5) is 0 Å². The van der Waals surface area contributed by atoms with Crippen LogP contribution >= 0.6 is 23.4 Å². The Morgan fingerprint density at radius 3 is 3.00 bits per heavy atom. The Kier molecular flexibility index (Phi) is 4.25. The predicted molar refractivity (Wildman–Crippen MR) is 59.2 cm³/mol. The second kappa shape index (κ2) is 5.24. The van der Waals surface area contributed by atoms with Crippen molar-refractivity contribution in [3.8, 4) is 0 Å². The number of thioether (sulfide) groups is 1. The summed E-state index contributed by atoms with van der Waals surface area (Å²) < 4.78 is 0. The van der Waals surface area contributed by atoms with Crippen LogP contribution in [0.25, 0.3) is 0 Å². The molecule has 3 N–H and O–H groups in total. The number of hydrogen-bond acceptors (Lipinski definition) is 3. The number of rotatable bonds is 3. The van der Waals surface area contributed by atoms with Gasteiger partial charge >= 0.3 is 0 Å². The minimum Gasteiger partial charge on any atom is -0.294 e. The molecule has 76 valence electrons. The first-order chi connectivity index (χ1) is 6.63. The van der Waals surface area contributed by atoms with Crippen LogP contribution in [-0.2, 0) is 4.79 Å². The molecule has 0 bridgehead atoms. The molecule has 0 aromatic heterocycles. The Bertz CT molecular complexity index is 344. The highest BCUT2D eigenvalue weighted by Crippen LogP contribution is 2.25.